The Morgan fingerprint density at radius 1 is 1.14 bits per heavy atom. The molecule has 1 N–H and O–H groups in total. The van der Waals surface area contributed by atoms with Gasteiger partial charge in [-0.2, -0.15) is 5.10 Å². The maximum absolute atomic E-state index is 14.9. The van der Waals surface area contributed by atoms with E-state index in [-0.39, 0.29) is 11.6 Å². The van der Waals surface area contributed by atoms with Crippen LogP contribution in [0.15, 0.2) is 36.4 Å². The van der Waals surface area contributed by atoms with Crippen LogP contribution in [0.25, 0.3) is 16.9 Å². The first-order valence-electron chi connectivity index (χ1n) is 12.7. The number of halogens is 2. The Morgan fingerprint density at radius 3 is 2.71 bits per heavy atom. The van der Waals surface area contributed by atoms with Gasteiger partial charge >= 0.3 is 0 Å². The van der Waals surface area contributed by atoms with Crippen molar-refractivity contribution >= 4 is 5.91 Å². The van der Waals surface area contributed by atoms with Crippen molar-refractivity contribution < 1.29 is 13.6 Å². The van der Waals surface area contributed by atoms with Gasteiger partial charge in [-0.3, -0.25) is 4.79 Å². The minimum atomic E-state index is -0.703. The van der Waals surface area contributed by atoms with E-state index in [1.54, 1.807) is 0 Å². The molecule has 1 amide bonds. The summed E-state index contributed by atoms with van der Waals surface area (Å²) in [5.74, 6) is 0.390. The number of hydrogen-bond donors (Lipinski definition) is 1. The number of fused-ring (bicyclic) bond motifs is 5. The van der Waals surface area contributed by atoms with Crippen molar-refractivity contribution in [3.8, 4) is 16.9 Å². The zero-order valence-corrected chi connectivity index (χ0v) is 20.5. The highest BCUT2D eigenvalue weighted by molar-refractivity contribution is 5.96. The van der Waals surface area contributed by atoms with Gasteiger partial charge in [0.1, 0.15) is 11.5 Å². The lowest BCUT2D eigenvalue weighted by molar-refractivity contribution is -0.103. The first kappa shape index (κ1) is 22.4. The van der Waals surface area contributed by atoms with Crippen molar-refractivity contribution in [1.29, 1.82) is 0 Å². The monoisotopic (exact) mass is 475 g/mol. The number of amides is 1. The molecular formula is C29H31F2N3O. The largest absolute Gasteiger partial charge is 0.350 e. The lowest BCUT2D eigenvalue weighted by atomic mass is 9.45. The summed E-state index contributed by atoms with van der Waals surface area (Å²) < 4.78 is 30.0. The van der Waals surface area contributed by atoms with Gasteiger partial charge in [0, 0.05) is 23.7 Å². The molecule has 4 aliphatic carbocycles. The van der Waals surface area contributed by atoms with E-state index in [0.29, 0.717) is 35.9 Å². The summed E-state index contributed by atoms with van der Waals surface area (Å²) in [5, 5.41) is 7.80. The first-order valence-corrected chi connectivity index (χ1v) is 12.7. The van der Waals surface area contributed by atoms with Crippen LogP contribution in [-0.2, 0) is 12.8 Å². The topological polar surface area (TPSA) is 46.9 Å². The van der Waals surface area contributed by atoms with Gasteiger partial charge in [0.15, 0.2) is 11.5 Å². The van der Waals surface area contributed by atoms with Crippen LogP contribution in [0.1, 0.15) is 60.3 Å². The van der Waals surface area contributed by atoms with E-state index >= 15 is 0 Å². The number of aryl methyl sites for hydroxylation is 2. The molecule has 0 radical (unpaired) electrons. The average molecular weight is 476 g/mol. The SMILES string of the molecule is Cc1ccc2c(c1)CCc1c(C(=O)NCC3CCC4CC3C4(C)C)nn(-c3ccc(F)cc3F)c1-2. The van der Waals surface area contributed by atoms with Crippen LogP contribution in [0.2, 0.25) is 0 Å². The number of carbonyl (C=O) groups excluding carboxylic acids is 1. The fourth-order valence-corrected chi connectivity index (χ4v) is 6.91. The second-order valence-corrected chi connectivity index (χ2v) is 11.3. The molecule has 3 fully saturated rings. The van der Waals surface area contributed by atoms with E-state index in [9.17, 15) is 13.6 Å². The Bertz CT molecular complexity index is 1340. The third-order valence-corrected chi connectivity index (χ3v) is 9.02. The van der Waals surface area contributed by atoms with E-state index in [1.807, 2.05) is 19.1 Å². The minimum absolute atomic E-state index is 0.143. The molecule has 3 unspecified atom stereocenters. The number of carbonyl (C=O) groups is 1. The van der Waals surface area contributed by atoms with E-state index < -0.39 is 11.6 Å². The predicted molar refractivity (Wildman–Crippen MR) is 131 cm³/mol. The standard InChI is InChI=1S/C29H31F2N3O/c1-16-4-9-21-17(12-16)6-10-22-26(33-34(27(21)22)25-11-8-20(30)14-24(25)31)28(35)32-15-18-5-7-19-13-23(18)29(19,2)3/h4,8-9,11-12,14,18-19,23H,5-7,10,13,15H2,1-3H3,(H,32,35). The van der Waals surface area contributed by atoms with Crippen LogP contribution < -0.4 is 5.32 Å². The normalized spacial score (nSPS) is 23.7. The Hall–Kier alpha value is -3.02. The van der Waals surface area contributed by atoms with E-state index in [2.05, 4.69) is 30.3 Å². The lowest BCUT2D eigenvalue weighted by Gasteiger charge is -2.60. The highest BCUT2D eigenvalue weighted by Gasteiger charge is 2.54. The molecule has 2 aromatic carbocycles. The molecule has 0 saturated heterocycles. The quantitative estimate of drug-likeness (QED) is 0.501. The molecular weight excluding hydrogens is 444 g/mol. The van der Waals surface area contributed by atoms with Crippen molar-refractivity contribution in [3.05, 3.63) is 70.4 Å². The van der Waals surface area contributed by atoms with Crippen molar-refractivity contribution in [2.24, 2.45) is 23.2 Å². The molecule has 1 heterocycles. The van der Waals surface area contributed by atoms with Crippen LogP contribution in [0, 0.1) is 41.7 Å². The van der Waals surface area contributed by atoms with E-state index in [1.165, 1.54) is 29.7 Å². The molecule has 3 saturated carbocycles. The number of hydrogen-bond acceptors (Lipinski definition) is 2. The summed E-state index contributed by atoms with van der Waals surface area (Å²) in [6, 6.07) is 9.64. The molecule has 3 aromatic rings. The molecule has 3 atom stereocenters. The molecule has 6 heteroatoms. The lowest BCUT2D eigenvalue weighted by Crippen LogP contribution is -2.54. The number of benzene rings is 2. The maximum atomic E-state index is 14.9. The van der Waals surface area contributed by atoms with Gasteiger partial charge in [0.05, 0.1) is 5.69 Å². The van der Waals surface area contributed by atoms with Gasteiger partial charge in [0.25, 0.3) is 5.91 Å². The van der Waals surface area contributed by atoms with Gasteiger partial charge in [-0.25, -0.2) is 13.5 Å². The summed E-state index contributed by atoms with van der Waals surface area (Å²) in [4.78, 5) is 13.4. The predicted octanol–water partition coefficient (Wildman–Crippen LogP) is 6.03. The van der Waals surface area contributed by atoms with Gasteiger partial charge in [-0.15, -0.1) is 0 Å². The summed E-state index contributed by atoms with van der Waals surface area (Å²) in [6.07, 6.45) is 5.09. The number of nitrogens with one attached hydrogen (secondary N) is 1. The zero-order valence-electron chi connectivity index (χ0n) is 20.5. The molecule has 7 rings (SSSR count). The van der Waals surface area contributed by atoms with Crippen LogP contribution >= 0.6 is 0 Å². The highest BCUT2D eigenvalue weighted by Crippen LogP contribution is 2.61. The van der Waals surface area contributed by atoms with Gasteiger partial charge < -0.3 is 5.32 Å². The molecule has 0 aliphatic heterocycles. The molecule has 2 bridgehead atoms. The number of aromatic nitrogens is 2. The smallest absolute Gasteiger partial charge is 0.272 e. The summed E-state index contributed by atoms with van der Waals surface area (Å²) in [5.41, 5.74) is 5.65. The summed E-state index contributed by atoms with van der Waals surface area (Å²) in [6.45, 7) is 7.40. The van der Waals surface area contributed by atoms with Crippen molar-refractivity contribution in [2.75, 3.05) is 6.54 Å². The van der Waals surface area contributed by atoms with Gasteiger partial charge in [-0.05, 0) is 79.9 Å². The van der Waals surface area contributed by atoms with Crippen molar-refractivity contribution in [3.63, 3.8) is 0 Å². The molecule has 0 spiro atoms. The van der Waals surface area contributed by atoms with Crippen LogP contribution in [0.3, 0.4) is 0 Å². The second-order valence-electron chi connectivity index (χ2n) is 11.3. The summed E-state index contributed by atoms with van der Waals surface area (Å²) in [7, 11) is 0. The van der Waals surface area contributed by atoms with E-state index in [0.717, 1.165) is 52.8 Å². The van der Waals surface area contributed by atoms with Crippen LogP contribution in [0.5, 0.6) is 0 Å². The summed E-state index contributed by atoms with van der Waals surface area (Å²) >= 11 is 0. The molecule has 4 aliphatic rings. The third kappa shape index (κ3) is 3.52. The maximum Gasteiger partial charge on any atom is 0.272 e. The van der Waals surface area contributed by atoms with Crippen molar-refractivity contribution in [2.45, 2.75) is 52.9 Å². The number of rotatable bonds is 4. The zero-order chi connectivity index (χ0) is 24.5. The minimum Gasteiger partial charge on any atom is -0.350 e. The Morgan fingerprint density at radius 2 is 1.97 bits per heavy atom. The molecule has 4 nitrogen and oxygen atoms in total. The Balaban J connectivity index is 1.37. The first-order chi connectivity index (χ1) is 16.7. The van der Waals surface area contributed by atoms with E-state index in [4.69, 9.17) is 0 Å². The third-order valence-electron chi connectivity index (χ3n) is 9.02. The van der Waals surface area contributed by atoms with Gasteiger partial charge in [0.2, 0.25) is 0 Å². The van der Waals surface area contributed by atoms with Crippen molar-refractivity contribution in [1.82, 2.24) is 15.1 Å². The second kappa shape index (κ2) is 8.00. The average Bonchev–Trinajstić information content (AvgIpc) is 3.22. The van der Waals surface area contributed by atoms with Crippen LogP contribution in [-0.4, -0.2) is 22.2 Å². The molecule has 182 valence electrons. The fraction of sp³-hybridized carbons (Fsp3) is 0.448. The Labute approximate surface area is 204 Å². The number of nitrogens with zero attached hydrogens (tertiary/aromatic N) is 2. The molecule has 1 aromatic heterocycles. The Kier molecular flexibility index (Phi) is 5.13. The van der Waals surface area contributed by atoms with Crippen LogP contribution in [0.4, 0.5) is 8.78 Å². The fourth-order valence-electron chi connectivity index (χ4n) is 6.91. The highest BCUT2D eigenvalue weighted by atomic mass is 19.1. The van der Waals surface area contributed by atoms with Gasteiger partial charge in [-0.1, -0.05) is 37.6 Å². The molecule has 35 heavy (non-hydrogen) atoms.